The van der Waals surface area contributed by atoms with E-state index >= 15 is 0 Å². The predicted octanol–water partition coefficient (Wildman–Crippen LogP) is 2.35. The summed E-state index contributed by atoms with van der Waals surface area (Å²) in [5.41, 5.74) is 0. The highest BCUT2D eigenvalue weighted by atomic mass is 32.1. The zero-order valence-electron chi connectivity index (χ0n) is 11.9. The second kappa shape index (κ2) is 7.48. The van der Waals surface area contributed by atoms with Crippen LogP contribution in [0.4, 0.5) is 0 Å². The smallest absolute Gasteiger partial charge is 0.190 e. The summed E-state index contributed by atoms with van der Waals surface area (Å²) in [6, 6.07) is 0. The van der Waals surface area contributed by atoms with Gasteiger partial charge in [0.2, 0.25) is 0 Å². The fraction of sp³-hybridized carbons (Fsp3) is 0.714. The first kappa shape index (κ1) is 14.3. The third-order valence-corrected chi connectivity index (χ3v) is 4.28. The minimum atomic E-state index is 0.884. The highest BCUT2D eigenvalue weighted by Gasteiger charge is 2.19. The van der Waals surface area contributed by atoms with E-state index in [1.54, 1.807) is 11.3 Å². The molecule has 0 aromatic carbocycles. The van der Waals surface area contributed by atoms with Crippen LogP contribution in [0.2, 0.25) is 0 Å². The lowest BCUT2D eigenvalue weighted by Gasteiger charge is -2.11. The number of thiazole rings is 1. The number of nitrogens with one attached hydrogen (secondary N) is 2. The molecule has 1 heterocycles. The minimum Gasteiger partial charge on any atom is -0.356 e. The molecular formula is C14H24N4S. The molecule has 4 nitrogen and oxygen atoms in total. The summed E-state index contributed by atoms with van der Waals surface area (Å²) in [7, 11) is 1.82. The molecule has 1 aliphatic carbocycles. The van der Waals surface area contributed by atoms with Crippen molar-refractivity contribution in [3.63, 3.8) is 0 Å². The number of guanidine groups is 1. The molecule has 106 valence electrons. The molecule has 0 unspecified atom stereocenters. The van der Waals surface area contributed by atoms with Gasteiger partial charge in [0.1, 0.15) is 0 Å². The fourth-order valence-corrected chi connectivity index (χ4v) is 2.82. The standard InChI is InChI=1S/C14H24N4S/c1-11-10-18-13(19-11)7-9-17-14(15-2)16-8-3-4-12-5-6-12/h10,12H,3-9H2,1-2H3,(H2,15,16,17). The average molecular weight is 280 g/mol. The normalized spacial score (nSPS) is 15.6. The van der Waals surface area contributed by atoms with Crippen LogP contribution in [0.15, 0.2) is 11.2 Å². The average Bonchev–Trinajstić information content (AvgIpc) is 3.14. The quantitative estimate of drug-likeness (QED) is 0.458. The number of hydrogen-bond acceptors (Lipinski definition) is 3. The Morgan fingerprint density at radius 2 is 2.21 bits per heavy atom. The molecule has 0 aliphatic heterocycles. The highest BCUT2D eigenvalue weighted by Crippen LogP contribution is 2.33. The lowest BCUT2D eigenvalue weighted by Crippen LogP contribution is -2.38. The SMILES string of the molecule is CN=C(NCCCC1CC1)NCCc1ncc(C)s1. The predicted molar refractivity (Wildman–Crippen MR) is 81.9 cm³/mol. The molecule has 0 radical (unpaired) electrons. The van der Waals surface area contributed by atoms with Crippen LogP contribution < -0.4 is 10.6 Å². The van der Waals surface area contributed by atoms with E-state index in [0.29, 0.717) is 0 Å². The van der Waals surface area contributed by atoms with Crippen LogP contribution in [-0.2, 0) is 6.42 Å². The van der Waals surface area contributed by atoms with E-state index in [1.807, 2.05) is 13.2 Å². The molecule has 2 rings (SSSR count). The third-order valence-electron chi connectivity index (χ3n) is 3.30. The van der Waals surface area contributed by atoms with E-state index in [9.17, 15) is 0 Å². The highest BCUT2D eigenvalue weighted by molar-refractivity contribution is 7.11. The van der Waals surface area contributed by atoms with Crippen LogP contribution in [0.5, 0.6) is 0 Å². The summed E-state index contributed by atoms with van der Waals surface area (Å²) in [6.07, 6.45) is 8.39. The molecule has 1 aromatic rings. The Hall–Kier alpha value is -1.10. The first-order valence-corrected chi connectivity index (χ1v) is 7.95. The van der Waals surface area contributed by atoms with Gasteiger partial charge in [0, 0.05) is 37.6 Å². The Labute approximate surface area is 119 Å². The molecule has 0 saturated heterocycles. The van der Waals surface area contributed by atoms with Crippen LogP contribution in [0.3, 0.4) is 0 Å². The van der Waals surface area contributed by atoms with Crippen LogP contribution in [-0.4, -0.2) is 31.1 Å². The Morgan fingerprint density at radius 3 is 2.84 bits per heavy atom. The molecule has 5 heteroatoms. The van der Waals surface area contributed by atoms with Gasteiger partial charge in [-0.15, -0.1) is 11.3 Å². The van der Waals surface area contributed by atoms with Crippen molar-refractivity contribution in [2.24, 2.45) is 10.9 Å². The summed E-state index contributed by atoms with van der Waals surface area (Å²) >= 11 is 1.77. The van der Waals surface area contributed by atoms with Crippen molar-refractivity contribution >= 4 is 17.3 Å². The third kappa shape index (κ3) is 5.59. The summed E-state index contributed by atoms with van der Waals surface area (Å²) < 4.78 is 0. The largest absolute Gasteiger partial charge is 0.356 e. The molecule has 2 N–H and O–H groups in total. The van der Waals surface area contributed by atoms with E-state index < -0.39 is 0 Å². The number of nitrogens with zero attached hydrogens (tertiary/aromatic N) is 2. The van der Waals surface area contributed by atoms with E-state index in [1.165, 1.54) is 35.6 Å². The van der Waals surface area contributed by atoms with E-state index in [4.69, 9.17) is 0 Å². The maximum absolute atomic E-state index is 4.36. The second-order valence-corrected chi connectivity index (χ2v) is 6.45. The molecule has 0 amide bonds. The monoisotopic (exact) mass is 280 g/mol. The summed E-state index contributed by atoms with van der Waals surface area (Å²) in [5.74, 6) is 1.92. The van der Waals surface area contributed by atoms with Crippen molar-refractivity contribution in [3.8, 4) is 0 Å². The summed E-state index contributed by atoms with van der Waals surface area (Å²) in [5, 5.41) is 7.89. The fourth-order valence-electron chi connectivity index (χ4n) is 2.03. The molecule has 0 spiro atoms. The van der Waals surface area contributed by atoms with Crippen LogP contribution in [0, 0.1) is 12.8 Å². The van der Waals surface area contributed by atoms with Crippen molar-refractivity contribution in [3.05, 3.63) is 16.1 Å². The Morgan fingerprint density at radius 1 is 1.42 bits per heavy atom. The number of aromatic nitrogens is 1. The number of rotatable bonds is 7. The maximum Gasteiger partial charge on any atom is 0.190 e. The van der Waals surface area contributed by atoms with Crippen molar-refractivity contribution in [1.29, 1.82) is 0 Å². The summed E-state index contributed by atoms with van der Waals surface area (Å²) in [4.78, 5) is 9.87. The van der Waals surface area contributed by atoms with E-state index in [-0.39, 0.29) is 0 Å². The second-order valence-electron chi connectivity index (χ2n) is 5.13. The lowest BCUT2D eigenvalue weighted by atomic mass is 10.2. The van der Waals surface area contributed by atoms with Gasteiger partial charge in [0.15, 0.2) is 5.96 Å². The topological polar surface area (TPSA) is 49.3 Å². The number of aliphatic imine (C=N–C) groups is 1. The first-order valence-electron chi connectivity index (χ1n) is 7.13. The summed E-state index contributed by atoms with van der Waals surface area (Å²) in [6.45, 7) is 4.00. The van der Waals surface area contributed by atoms with Crippen molar-refractivity contribution in [2.45, 2.75) is 39.0 Å². The van der Waals surface area contributed by atoms with Gasteiger partial charge in [0.05, 0.1) is 5.01 Å². The minimum absolute atomic E-state index is 0.884. The van der Waals surface area contributed by atoms with Gasteiger partial charge in [-0.1, -0.05) is 12.8 Å². The van der Waals surface area contributed by atoms with Gasteiger partial charge in [-0.05, 0) is 25.7 Å². The Balaban J connectivity index is 1.56. The van der Waals surface area contributed by atoms with Gasteiger partial charge in [-0.3, -0.25) is 4.99 Å². The van der Waals surface area contributed by atoms with Gasteiger partial charge in [-0.2, -0.15) is 0 Å². The van der Waals surface area contributed by atoms with Crippen LogP contribution in [0.1, 0.15) is 35.6 Å². The van der Waals surface area contributed by atoms with Crippen LogP contribution >= 0.6 is 11.3 Å². The molecule has 1 fully saturated rings. The molecule has 1 aliphatic rings. The molecule has 19 heavy (non-hydrogen) atoms. The lowest BCUT2D eigenvalue weighted by molar-refractivity contribution is 0.644. The van der Waals surface area contributed by atoms with Gasteiger partial charge in [-0.25, -0.2) is 4.98 Å². The van der Waals surface area contributed by atoms with E-state index in [2.05, 4.69) is 27.5 Å². The molecule has 0 atom stereocenters. The molecule has 1 saturated carbocycles. The number of hydrogen-bond donors (Lipinski definition) is 2. The van der Waals surface area contributed by atoms with E-state index in [0.717, 1.165) is 31.4 Å². The maximum atomic E-state index is 4.36. The van der Waals surface area contributed by atoms with Crippen molar-refractivity contribution < 1.29 is 0 Å². The first-order chi connectivity index (χ1) is 9.28. The Kier molecular flexibility index (Phi) is 5.63. The van der Waals surface area contributed by atoms with Crippen LogP contribution in [0.25, 0.3) is 0 Å². The van der Waals surface area contributed by atoms with Crippen molar-refractivity contribution in [1.82, 2.24) is 15.6 Å². The molecular weight excluding hydrogens is 256 g/mol. The Bertz CT molecular complexity index is 409. The zero-order valence-corrected chi connectivity index (χ0v) is 12.7. The van der Waals surface area contributed by atoms with Gasteiger partial charge >= 0.3 is 0 Å². The number of aryl methyl sites for hydroxylation is 1. The van der Waals surface area contributed by atoms with Gasteiger partial charge in [0.25, 0.3) is 0 Å². The molecule has 1 aromatic heterocycles. The zero-order chi connectivity index (χ0) is 13.5. The van der Waals surface area contributed by atoms with Gasteiger partial charge < -0.3 is 10.6 Å². The van der Waals surface area contributed by atoms with Crippen molar-refractivity contribution in [2.75, 3.05) is 20.1 Å². The molecule has 0 bridgehead atoms.